The molecule has 4 heteroatoms. The van der Waals surface area contributed by atoms with E-state index < -0.39 is 0 Å². The number of benzene rings is 2. The first-order valence-electron chi connectivity index (χ1n) is 9.02. The lowest BCUT2D eigenvalue weighted by Gasteiger charge is -2.31. The lowest BCUT2D eigenvalue weighted by Crippen LogP contribution is -2.44. The highest BCUT2D eigenvalue weighted by Crippen LogP contribution is 2.26. The molecular formula is C22H26N2O2. The molecule has 136 valence electrons. The van der Waals surface area contributed by atoms with E-state index in [0.717, 1.165) is 30.8 Å². The number of amides is 1. The molecule has 3 rings (SSSR count). The zero-order valence-electron chi connectivity index (χ0n) is 15.7. The molecule has 0 unspecified atom stereocenters. The number of ether oxygens (including phenoxy) is 1. The number of carbonyl (C=O) groups is 1. The van der Waals surface area contributed by atoms with Crippen LogP contribution >= 0.6 is 0 Å². The third-order valence-corrected chi connectivity index (χ3v) is 4.93. The number of aryl methyl sites for hydroxylation is 1. The Morgan fingerprint density at radius 3 is 2.62 bits per heavy atom. The second kappa shape index (κ2) is 8.19. The van der Waals surface area contributed by atoms with E-state index in [4.69, 9.17) is 4.74 Å². The standard InChI is InChI=1S/C22H26N2O2/c1-16-9-10-21(26-3)20(15-16)23-22(25)17(2)24-13-11-19(12-14-24)18-7-5-4-6-8-18/h4-11,15,17H,12-14H2,1-3H3,(H,23,25)/t17-/m1/s1. The fourth-order valence-corrected chi connectivity index (χ4v) is 3.27. The van der Waals surface area contributed by atoms with E-state index in [9.17, 15) is 4.79 Å². The SMILES string of the molecule is COc1ccc(C)cc1NC(=O)[C@@H](C)N1CC=C(c2ccccc2)CC1. The molecule has 0 bridgehead atoms. The van der Waals surface area contributed by atoms with E-state index in [1.807, 2.05) is 38.1 Å². The van der Waals surface area contributed by atoms with Gasteiger partial charge in [-0.2, -0.15) is 0 Å². The molecule has 1 amide bonds. The van der Waals surface area contributed by atoms with Crippen LogP contribution in [0.5, 0.6) is 5.75 Å². The van der Waals surface area contributed by atoms with Crippen molar-refractivity contribution >= 4 is 17.2 Å². The second-order valence-electron chi connectivity index (χ2n) is 6.71. The van der Waals surface area contributed by atoms with Crippen molar-refractivity contribution in [3.05, 3.63) is 65.7 Å². The molecule has 2 aromatic rings. The summed E-state index contributed by atoms with van der Waals surface area (Å²) >= 11 is 0. The van der Waals surface area contributed by atoms with Gasteiger partial charge in [-0.25, -0.2) is 0 Å². The minimum Gasteiger partial charge on any atom is -0.495 e. The number of rotatable bonds is 5. The zero-order valence-corrected chi connectivity index (χ0v) is 15.7. The first-order valence-corrected chi connectivity index (χ1v) is 9.02. The van der Waals surface area contributed by atoms with Gasteiger partial charge in [0.2, 0.25) is 5.91 Å². The number of carbonyl (C=O) groups excluding carboxylic acids is 1. The molecule has 0 fully saturated rings. The quantitative estimate of drug-likeness (QED) is 0.882. The molecule has 0 spiro atoms. The summed E-state index contributed by atoms with van der Waals surface area (Å²) in [5, 5.41) is 3.02. The summed E-state index contributed by atoms with van der Waals surface area (Å²) in [5.41, 5.74) is 4.44. The van der Waals surface area contributed by atoms with E-state index in [1.165, 1.54) is 11.1 Å². The summed E-state index contributed by atoms with van der Waals surface area (Å²) in [4.78, 5) is 14.9. The van der Waals surface area contributed by atoms with Crippen molar-refractivity contribution in [3.8, 4) is 5.75 Å². The van der Waals surface area contributed by atoms with Crippen LogP contribution in [0.15, 0.2) is 54.6 Å². The van der Waals surface area contributed by atoms with Gasteiger partial charge >= 0.3 is 0 Å². The van der Waals surface area contributed by atoms with Gasteiger partial charge in [-0.05, 0) is 49.1 Å². The summed E-state index contributed by atoms with van der Waals surface area (Å²) in [6.45, 7) is 5.61. The monoisotopic (exact) mass is 350 g/mol. The highest BCUT2D eigenvalue weighted by atomic mass is 16.5. The van der Waals surface area contributed by atoms with Gasteiger partial charge in [0, 0.05) is 13.1 Å². The Bertz CT molecular complexity index is 799. The molecular weight excluding hydrogens is 324 g/mol. The van der Waals surface area contributed by atoms with Crippen molar-refractivity contribution in [2.45, 2.75) is 26.3 Å². The Morgan fingerprint density at radius 2 is 1.96 bits per heavy atom. The highest BCUT2D eigenvalue weighted by molar-refractivity contribution is 5.96. The fourth-order valence-electron chi connectivity index (χ4n) is 3.27. The number of hydrogen-bond donors (Lipinski definition) is 1. The van der Waals surface area contributed by atoms with Crippen molar-refractivity contribution in [2.75, 3.05) is 25.5 Å². The van der Waals surface area contributed by atoms with Crippen molar-refractivity contribution < 1.29 is 9.53 Å². The van der Waals surface area contributed by atoms with Gasteiger partial charge in [-0.15, -0.1) is 0 Å². The lowest BCUT2D eigenvalue weighted by molar-refractivity contribution is -0.120. The molecule has 0 saturated carbocycles. The number of hydrogen-bond acceptors (Lipinski definition) is 3. The van der Waals surface area contributed by atoms with Crippen LogP contribution in [-0.2, 0) is 4.79 Å². The predicted octanol–water partition coefficient (Wildman–Crippen LogP) is 4.12. The maximum atomic E-state index is 12.7. The Balaban J connectivity index is 1.65. The smallest absolute Gasteiger partial charge is 0.241 e. The minimum atomic E-state index is -0.200. The Morgan fingerprint density at radius 1 is 1.19 bits per heavy atom. The molecule has 4 nitrogen and oxygen atoms in total. The van der Waals surface area contributed by atoms with Crippen LogP contribution in [-0.4, -0.2) is 37.0 Å². The molecule has 1 aliphatic rings. The van der Waals surface area contributed by atoms with E-state index in [1.54, 1.807) is 7.11 Å². The van der Waals surface area contributed by atoms with Gasteiger partial charge in [-0.3, -0.25) is 9.69 Å². The van der Waals surface area contributed by atoms with Crippen molar-refractivity contribution in [1.82, 2.24) is 4.90 Å². The van der Waals surface area contributed by atoms with Crippen LogP contribution in [0.1, 0.15) is 24.5 Å². The molecule has 2 aromatic carbocycles. The Labute approximate surface area is 155 Å². The molecule has 0 aliphatic carbocycles. The third-order valence-electron chi connectivity index (χ3n) is 4.93. The average molecular weight is 350 g/mol. The van der Waals surface area contributed by atoms with E-state index in [-0.39, 0.29) is 11.9 Å². The average Bonchev–Trinajstić information content (AvgIpc) is 2.68. The Kier molecular flexibility index (Phi) is 5.74. The van der Waals surface area contributed by atoms with Crippen LogP contribution in [0.2, 0.25) is 0 Å². The summed E-state index contributed by atoms with van der Waals surface area (Å²) in [5.74, 6) is 0.673. The molecule has 0 aromatic heterocycles. The third kappa shape index (κ3) is 4.14. The van der Waals surface area contributed by atoms with Crippen LogP contribution < -0.4 is 10.1 Å². The second-order valence-corrected chi connectivity index (χ2v) is 6.71. The van der Waals surface area contributed by atoms with Gasteiger partial charge in [0.25, 0.3) is 0 Å². The molecule has 0 saturated heterocycles. The summed E-state index contributed by atoms with van der Waals surface area (Å²) in [6, 6.07) is 16.0. The number of nitrogens with zero attached hydrogens (tertiary/aromatic N) is 1. The lowest BCUT2D eigenvalue weighted by atomic mass is 9.99. The molecule has 1 N–H and O–H groups in total. The van der Waals surface area contributed by atoms with Gasteiger partial charge in [0.05, 0.1) is 18.8 Å². The van der Waals surface area contributed by atoms with Crippen LogP contribution in [0.3, 0.4) is 0 Å². The van der Waals surface area contributed by atoms with Gasteiger partial charge < -0.3 is 10.1 Å². The van der Waals surface area contributed by atoms with Gasteiger partial charge in [0.15, 0.2) is 0 Å². The number of methoxy groups -OCH3 is 1. The van der Waals surface area contributed by atoms with Gasteiger partial charge in [0.1, 0.15) is 5.75 Å². The van der Waals surface area contributed by atoms with E-state index in [0.29, 0.717) is 5.75 Å². The summed E-state index contributed by atoms with van der Waals surface area (Å²) < 4.78 is 5.35. The van der Waals surface area contributed by atoms with Crippen LogP contribution in [0, 0.1) is 6.92 Å². The number of anilines is 1. The minimum absolute atomic E-state index is 0.00883. The molecule has 1 aliphatic heterocycles. The van der Waals surface area contributed by atoms with Crippen molar-refractivity contribution in [1.29, 1.82) is 0 Å². The Hall–Kier alpha value is -2.59. The van der Waals surface area contributed by atoms with Gasteiger partial charge in [-0.1, -0.05) is 42.5 Å². The number of nitrogens with one attached hydrogen (secondary N) is 1. The first kappa shape index (κ1) is 18.2. The topological polar surface area (TPSA) is 41.6 Å². The largest absolute Gasteiger partial charge is 0.495 e. The predicted molar refractivity (Wildman–Crippen MR) is 106 cm³/mol. The highest BCUT2D eigenvalue weighted by Gasteiger charge is 2.24. The maximum absolute atomic E-state index is 12.7. The molecule has 26 heavy (non-hydrogen) atoms. The molecule has 0 radical (unpaired) electrons. The molecule has 1 heterocycles. The van der Waals surface area contributed by atoms with Crippen molar-refractivity contribution in [3.63, 3.8) is 0 Å². The normalized spacial score (nSPS) is 15.9. The van der Waals surface area contributed by atoms with E-state index in [2.05, 4.69) is 40.6 Å². The van der Waals surface area contributed by atoms with Crippen molar-refractivity contribution in [2.24, 2.45) is 0 Å². The first-order chi connectivity index (χ1) is 12.6. The molecule has 1 atom stereocenters. The van der Waals surface area contributed by atoms with E-state index >= 15 is 0 Å². The zero-order chi connectivity index (χ0) is 18.5. The van der Waals surface area contributed by atoms with Crippen LogP contribution in [0.4, 0.5) is 5.69 Å². The summed E-state index contributed by atoms with van der Waals surface area (Å²) in [6.07, 6.45) is 3.19. The van der Waals surface area contributed by atoms with Crippen LogP contribution in [0.25, 0.3) is 5.57 Å². The fraction of sp³-hybridized carbons (Fsp3) is 0.318. The summed E-state index contributed by atoms with van der Waals surface area (Å²) in [7, 11) is 1.62. The maximum Gasteiger partial charge on any atom is 0.241 e.